The zero-order valence-corrected chi connectivity index (χ0v) is 16.7. The van der Waals surface area contributed by atoms with Gasteiger partial charge in [0.15, 0.2) is 5.43 Å². The van der Waals surface area contributed by atoms with Crippen LogP contribution in [0.2, 0.25) is 5.02 Å². The first-order chi connectivity index (χ1) is 13.9. The summed E-state index contributed by atoms with van der Waals surface area (Å²) in [6.45, 7) is 0. The number of anilines is 1. The lowest BCUT2D eigenvalue weighted by Crippen LogP contribution is -2.15. The van der Waals surface area contributed by atoms with Gasteiger partial charge in [-0.3, -0.25) is 9.52 Å². The van der Waals surface area contributed by atoms with Gasteiger partial charge in [0.2, 0.25) is 10.0 Å². The first-order valence-corrected chi connectivity index (χ1v) is 10.8. The van der Waals surface area contributed by atoms with Crippen molar-refractivity contribution in [3.05, 3.63) is 99.7 Å². The van der Waals surface area contributed by atoms with Crippen LogP contribution in [0.15, 0.2) is 88.1 Å². The van der Waals surface area contributed by atoms with Gasteiger partial charge in [-0.15, -0.1) is 0 Å². The Morgan fingerprint density at radius 2 is 1.69 bits per heavy atom. The van der Waals surface area contributed by atoms with E-state index in [1.165, 1.54) is 12.1 Å². The van der Waals surface area contributed by atoms with E-state index in [1.807, 2.05) is 30.3 Å². The summed E-state index contributed by atoms with van der Waals surface area (Å²) >= 11 is 5.91. The molecule has 29 heavy (non-hydrogen) atoms. The molecule has 0 fully saturated rings. The number of nitrogens with one attached hydrogen (secondary N) is 1. The van der Waals surface area contributed by atoms with E-state index in [4.69, 9.17) is 16.0 Å². The fraction of sp³-hybridized carbons (Fsp3) is 0.0455. The minimum absolute atomic E-state index is 0.229. The number of hydrogen-bond donors (Lipinski definition) is 1. The molecule has 7 heteroatoms. The second kappa shape index (κ2) is 7.73. The van der Waals surface area contributed by atoms with E-state index < -0.39 is 10.0 Å². The highest BCUT2D eigenvalue weighted by Crippen LogP contribution is 2.24. The first-order valence-electron chi connectivity index (χ1n) is 8.78. The Bertz CT molecular complexity index is 1350. The summed E-state index contributed by atoms with van der Waals surface area (Å²) in [4.78, 5) is 12.6. The number of sulfonamides is 1. The normalized spacial score (nSPS) is 11.5. The molecule has 0 aliphatic carbocycles. The monoisotopic (exact) mass is 425 g/mol. The smallest absolute Gasteiger partial charge is 0.236 e. The van der Waals surface area contributed by atoms with Gasteiger partial charge in [-0.2, -0.15) is 0 Å². The lowest BCUT2D eigenvalue weighted by atomic mass is 10.1. The second-order valence-corrected chi connectivity index (χ2v) is 8.70. The third-order valence-electron chi connectivity index (χ3n) is 4.30. The van der Waals surface area contributed by atoms with Crippen molar-refractivity contribution in [3.8, 4) is 11.3 Å². The first kappa shape index (κ1) is 19.2. The van der Waals surface area contributed by atoms with Gasteiger partial charge in [0.25, 0.3) is 0 Å². The molecule has 5 nitrogen and oxygen atoms in total. The number of hydrogen-bond acceptors (Lipinski definition) is 4. The lowest BCUT2D eigenvalue weighted by molar-refractivity contribution is 0.600. The number of benzene rings is 3. The van der Waals surface area contributed by atoms with Crippen LogP contribution in [0.5, 0.6) is 0 Å². The van der Waals surface area contributed by atoms with Gasteiger partial charge in [0, 0.05) is 22.3 Å². The van der Waals surface area contributed by atoms with Crippen molar-refractivity contribution in [1.82, 2.24) is 0 Å². The molecule has 4 aromatic rings. The topological polar surface area (TPSA) is 76.4 Å². The Balaban J connectivity index is 1.64. The molecule has 0 atom stereocenters. The number of halogens is 1. The predicted octanol–water partition coefficient (Wildman–Crippen LogP) is 5.06. The second-order valence-electron chi connectivity index (χ2n) is 6.54. The fourth-order valence-electron chi connectivity index (χ4n) is 3.03. The molecule has 0 aliphatic heterocycles. The van der Waals surface area contributed by atoms with Crippen LogP contribution in [0, 0.1) is 0 Å². The molecule has 0 radical (unpaired) electrons. The van der Waals surface area contributed by atoms with Gasteiger partial charge in [-0.25, -0.2) is 8.42 Å². The Hall–Kier alpha value is -3.09. The third-order valence-corrected chi connectivity index (χ3v) is 5.80. The standard InChI is InChI=1S/C22H16ClNO4S/c23-17-8-4-5-15(11-17)14-29(26,27)24-18-9-10-21-19(12-18)20(25)13-22(28-21)16-6-2-1-3-7-16/h1-13,24H,14H2. The van der Waals surface area contributed by atoms with Gasteiger partial charge in [0.1, 0.15) is 11.3 Å². The fourth-order valence-corrected chi connectivity index (χ4v) is 4.42. The molecule has 0 aliphatic rings. The van der Waals surface area contributed by atoms with Crippen molar-refractivity contribution >= 4 is 38.3 Å². The average Bonchev–Trinajstić information content (AvgIpc) is 2.68. The Morgan fingerprint density at radius 1 is 0.897 bits per heavy atom. The Morgan fingerprint density at radius 3 is 2.45 bits per heavy atom. The molecular weight excluding hydrogens is 410 g/mol. The number of rotatable bonds is 5. The highest BCUT2D eigenvalue weighted by molar-refractivity contribution is 7.91. The van der Waals surface area contributed by atoms with E-state index in [9.17, 15) is 13.2 Å². The Kier molecular flexibility index (Phi) is 5.13. The van der Waals surface area contributed by atoms with Gasteiger partial charge in [-0.1, -0.05) is 54.1 Å². The molecule has 0 saturated heterocycles. The van der Waals surface area contributed by atoms with E-state index in [-0.39, 0.29) is 11.2 Å². The quantitative estimate of drug-likeness (QED) is 0.485. The molecule has 0 saturated carbocycles. The van der Waals surface area contributed by atoms with Crippen molar-refractivity contribution in [1.29, 1.82) is 0 Å². The molecule has 0 spiro atoms. The van der Waals surface area contributed by atoms with Crippen LogP contribution in [0.1, 0.15) is 5.56 Å². The Labute approximate surface area is 172 Å². The van der Waals surface area contributed by atoms with Gasteiger partial charge >= 0.3 is 0 Å². The molecule has 0 unspecified atom stereocenters. The maximum atomic E-state index is 12.6. The third kappa shape index (κ3) is 4.50. The molecular formula is C22H16ClNO4S. The summed E-state index contributed by atoms with van der Waals surface area (Å²) in [6.07, 6.45) is 0. The maximum absolute atomic E-state index is 12.6. The maximum Gasteiger partial charge on any atom is 0.236 e. The van der Waals surface area contributed by atoms with Crippen LogP contribution in [0.4, 0.5) is 5.69 Å². The van der Waals surface area contributed by atoms with E-state index in [0.29, 0.717) is 33.0 Å². The van der Waals surface area contributed by atoms with Gasteiger partial charge in [0.05, 0.1) is 11.1 Å². The summed E-state index contributed by atoms with van der Waals surface area (Å²) in [5.41, 5.74) is 1.78. The number of fused-ring (bicyclic) bond motifs is 1. The summed E-state index contributed by atoms with van der Waals surface area (Å²) in [6, 6.07) is 22.0. The van der Waals surface area contributed by atoms with Crippen LogP contribution < -0.4 is 10.2 Å². The SMILES string of the molecule is O=c1cc(-c2ccccc2)oc2ccc(NS(=O)(=O)Cc3cccc(Cl)c3)cc12. The summed E-state index contributed by atoms with van der Waals surface area (Å²) in [7, 11) is -3.68. The van der Waals surface area contributed by atoms with Crippen molar-refractivity contribution in [2.75, 3.05) is 4.72 Å². The molecule has 146 valence electrons. The predicted molar refractivity (Wildman–Crippen MR) is 116 cm³/mol. The molecule has 1 N–H and O–H groups in total. The molecule has 4 rings (SSSR count). The highest BCUT2D eigenvalue weighted by atomic mass is 35.5. The van der Waals surface area contributed by atoms with Crippen LogP contribution in [-0.2, 0) is 15.8 Å². The molecule has 0 bridgehead atoms. The minimum Gasteiger partial charge on any atom is -0.456 e. The van der Waals surface area contributed by atoms with Crippen molar-refractivity contribution < 1.29 is 12.8 Å². The van der Waals surface area contributed by atoms with Crippen LogP contribution >= 0.6 is 11.6 Å². The van der Waals surface area contributed by atoms with E-state index in [1.54, 1.807) is 36.4 Å². The summed E-state index contributed by atoms with van der Waals surface area (Å²) < 4.78 is 33.3. The van der Waals surface area contributed by atoms with Gasteiger partial charge in [-0.05, 0) is 35.9 Å². The van der Waals surface area contributed by atoms with Crippen LogP contribution in [0.3, 0.4) is 0 Å². The van der Waals surface area contributed by atoms with E-state index in [0.717, 1.165) is 5.56 Å². The van der Waals surface area contributed by atoms with Crippen LogP contribution in [0.25, 0.3) is 22.3 Å². The summed E-state index contributed by atoms with van der Waals surface area (Å²) in [5.74, 6) is 0.227. The van der Waals surface area contributed by atoms with E-state index in [2.05, 4.69) is 4.72 Å². The molecule has 1 heterocycles. The van der Waals surface area contributed by atoms with Crippen molar-refractivity contribution in [2.24, 2.45) is 0 Å². The minimum atomic E-state index is -3.68. The van der Waals surface area contributed by atoms with Gasteiger partial charge < -0.3 is 4.42 Å². The van der Waals surface area contributed by atoms with Crippen molar-refractivity contribution in [2.45, 2.75) is 5.75 Å². The lowest BCUT2D eigenvalue weighted by Gasteiger charge is -2.09. The average molecular weight is 426 g/mol. The highest BCUT2D eigenvalue weighted by Gasteiger charge is 2.14. The molecule has 3 aromatic carbocycles. The molecule has 1 aromatic heterocycles. The van der Waals surface area contributed by atoms with E-state index >= 15 is 0 Å². The summed E-state index contributed by atoms with van der Waals surface area (Å²) in [5, 5.41) is 0.767. The largest absolute Gasteiger partial charge is 0.456 e. The zero-order valence-electron chi connectivity index (χ0n) is 15.1. The zero-order chi connectivity index (χ0) is 20.4. The molecule has 0 amide bonds. The van der Waals surface area contributed by atoms with Crippen molar-refractivity contribution in [3.63, 3.8) is 0 Å². The van der Waals surface area contributed by atoms with Crippen LogP contribution in [-0.4, -0.2) is 8.42 Å².